The van der Waals surface area contributed by atoms with Crippen LogP contribution in [0.25, 0.3) is 21.5 Å². The number of fused-ring (bicyclic) bond motifs is 1. The van der Waals surface area contributed by atoms with E-state index >= 15 is 0 Å². The van der Waals surface area contributed by atoms with E-state index in [0.717, 1.165) is 10.1 Å². The summed E-state index contributed by atoms with van der Waals surface area (Å²) in [5, 5.41) is 14.9. The van der Waals surface area contributed by atoms with E-state index in [1.807, 2.05) is 0 Å². The van der Waals surface area contributed by atoms with Gasteiger partial charge in [0.1, 0.15) is 10.6 Å². The molecule has 36 heavy (non-hydrogen) atoms. The van der Waals surface area contributed by atoms with Crippen LogP contribution in [0.5, 0.6) is 5.75 Å². The molecule has 0 spiro atoms. The summed E-state index contributed by atoms with van der Waals surface area (Å²) in [6, 6.07) is 18.7. The van der Waals surface area contributed by atoms with Crippen LogP contribution in [-0.2, 0) is 0 Å². The van der Waals surface area contributed by atoms with Gasteiger partial charge in [0.05, 0.1) is 12.1 Å². The molecule has 0 saturated carbocycles. The molecule has 2 aromatic heterocycles. The minimum Gasteiger partial charge on any atom is -0.497 e. The number of aromatic nitrogens is 2. The first-order valence-electron chi connectivity index (χ1n) is 10.5. The molecule has 0 atom stereocenters. The van der Waals surface area contributed by atoms with Crippen molar-refractivity contribution in [1.82, 2.24) is 10.2 Å². The second-order valence-electron chi connectivity index (χ2n) is 7.51. The van der Waals surface area contributed by atoms with Gasteiger partial charge in [0.25, 0.3) is 11.8 Å². The molecule has 0 aliphatic heterocycles. The number of benzene rings is 3. The van der Waals surface area contributed by atoms with Crippen LogP contribution in [0.1, 0.15) is 20.0 Å². The normalized spacial score (nSPS) is 10.9. The maximum atomic E-state index is 12.8. The third-order valence-corrected chi connectivity index (χ3v) is 7.08. The third kappa shape index (κ3) is 4.90. The average Bonchev–Trinajstić information content (AvgIpc) is 3.48. The highest BCUT2D eigenvalue weighted by Crippen LogP contribution is 2.37. The lowest BCUT2D eigenvalue weighted by Gasteiger charge is -2.06. The standard InChI is InChI=1S/C25H16Cl2N4O4S/c1-34-17-9-4-14(5-10-17)24-30-31-25(35-24)29-22(32)13-2-7-16(8-3-13)28-23(33)21-20(27)18-11-6-15(26)12-19(18)36-21/h2-12H,1H3,(H,28,33)(H,29,31,32). The van der Waals surface area contributed by atoms with Crippen LogP contribution in [0.2, 0.25) is 10.0 Å². The number of hydrogen-bond donors (Lipinski definition) is 2. The van der Waals surface area contributed by atoms with E-state index in [1.165, 1.54) is 11.3 Å². The van der Waals surface area contributed by atoms with Gasteiger partial charge in [-0.05, 0) is 60.7 Å². The number of carbonyl (C=O) groups excluding carboxylic acids is 2. The van der Waals surface area contributed by atoms with Crippen LogP contribution in [0.4, 0.5) is 11.7 Å². The number of nitrogens with zero attached hydrogens (tertiary/aromatic N) is 2. The Morgan fingerprint density at radius 2 is 1.67 bits per heavy atom. The highest BCUT2D eigenvalue weighted by molar-refractivity contribution is 7.21. The van der Waals surface area contributed by atoms with Gasteiger partial charge in [0, 0.05) is 31.9 Å². The monoisotopic (exact) mass is 538 g/mol. The number of halogens is 2. The highest BCUT2D eigenvalue weighted by atomic mass is 35.5. The highest BCUT2D eigenvalue weighted by Gasteiger charge is 2.18. The minimum atomic E-state index is -0.442. The van der Waals surface area contributed by atoms with Crippen LogP contribution in [0.15, 0.2) is 71.1 Å². The molecule has 2 amide bonds. The molecule has 0 unspecified atom stereocenters. The molecule has 5 rings (SSSR count). The summed E-state index contributed by atoms with van der Waals surface area (Å²) in [6.07, 6.45) is 0. The van der Waals surface area contributed by atoms with Crippen molar-refractivity contribution in [2.24, 2.45) is 0 Å². The van der Waals surface area contributed by atoms with Gasteiger partial charge in [-0.1, -0.05) is 34.4 Å². The van der Waals surface area contributed by atoms with Crippen LogP contribution in [-0.4, -0.2) is 29.1 Å². The van der Waals surface area contributed by atoms with Gasteiger partial charge in [-0.3, -0.25) is 14.9 Å². The molecule has 0 radical (unpaired) electrons. The Hall–Kier alpha value is -3.92. The molecule has 11 heteroatoms. The van der Waals surface area contributed by atoms with E-state index in [-0.39, 0.29) is 17.8 Å². The second kappa shape index (κ2) is 9.98. The van der Waals surface area contributed by atoms with Crippen molar-refractivity contribution < 1.29 is 18.7 Å². The Labute approximate surface area is 218 Å². The van der Waals surface area contributed by atoms with Crippen molar-refractivity contribution in [2.75, 3.05) is 17.7 Å². The third-order valence-electron chi connectivity index (χ3n) is 5.19. The van der Waals surface area contributed by atoms with Crippen molar-refractivity contribution >= 4 is 68.1 Å². The van der Waals surface area contributed by atoms with Gasteiger partial charge < -0.3 is 14.5 Å². The average molecular weight is 539 g/mol. The fourth-order valence-corrected chi connectivity index (χ4v) is 5.06. The first-order chi connectivity index (χ1) is 17.4. The zero-order chi connectivity index (χ0) is 25.2. The molecule has 5 aromatic rings. The lowest BCUT2D eigenvalue weighted by molar-refractivity contribution is 0.101. The van der Waals surface area contributed by atoms with E-state index in [1.54, 1.807) is 73.8 Å². The number of hydrogen-bond acceptors (Lipinski definition) is 7. The molecule has 0 saturated heterocycles. The van der Waals surface area contributed by atoms with Crippen LogP contribution >= 0.6 is 34.5 Å². The number of methoxy groups -OCH3 is 1. The number of rotatable bonds is 6. The number of amides is 2. The second-order valence-corrected chi connectivity index (χ2v) is 9.38. The molecule has 180 valence electrons. The zero-order valence-electron chi connectivity index (χ0n) is 18.5. The molecule has 0 aliphatic rings. The molecular weight excluding hydrogens is 523 g/mol. The lowest BCUT2D eigenvalue weighted by atomic mass is 10.2. The van der Waals surface area contributed by atoms with Gasteiger partial charge in [-0.25, -0.2) is 0 Å². The number of nitrogens with one attached hydrogen (secondary N) is 2. The maximum absolute atomic E-state index is 12.8. The predicted octanol–water partition coefficient (Wildman–Crippen LogP) is 6.77. The summed E-state index contributed by atoms with van der Waals surface area (Å²) in [5.41, 5.74) is 1.53. The summed E-state index contributed by atoms with van der Waals surface area (Å²) in [4.78, 5) is 25.7. The van der Waals surface area contributed by atoms with Crippen molar-refractivity contribution in [2.45, 2.75) is 0 Å². The number of ether oxygens (including phenoxy) is 1. The topological polar surface area (TPSA) is 106 Å². The zero-order valence-corrected chi connectivity index (χ0v) is 20.9. The van der Waals surface area contributed by atoms with Gasteiger partial charge in [0.15, 0.2) is 0 Å². The fourth-order valence-electron chi connectivity index (χ4n) is 3.37. The smallest absolute Gasteiger partial charge is 0.322 e. The number of anilines is 2. The molecule has 2 heterocycles. The Bertz CT molecular complexity index is 1580. The van der Waals surface area contributed by atoms with Gasteiger partial charge in [0.2, 0.25) is 5.89 Å². The minimum absolute atomic E-state index is 0.0392. The van der Waals surface area contributed by atoms with Crippen molar-refractivity contribution in [3.63, 3.8) is 0 Å². The van der Waals surface area contributed by atoms with Crippen molar-refractivity contribution in [3.05, 3.63) is 87.2 Å². The van der Waals surface area contributed by atoms with E-state index in [0.29, 0.717) is 37.5 Å². The van der Waals surface area contributed by atoms with Crippen LogP contribution in [0, 0.1) is 0 Å². The van der Waals surface area contributed by atoms with E-state index in [9.17, 15) is 9.59 Å². The number of thiophene rings is 1. The summed E-state index contributed by atoms with van der Waals surface area (Å²) in [7, 11) is 1.58. The predicted molar refractivity (Wildman–Crippen MR) is 140 cm³/mol. The van der Waals surface area contributed by atoms with Gasteiger partial charge in [-0.15, -0.1) is 16.4 Å². The van der Waals surface area contributed by atoms with Crippen LogP contribution < -0.4 is 15.4 Å². The number of carbonyl (C=O) groups is 2. The molecule has 0 bridgehead atoms. The molecule has 3 aromatic carbocycles. The Morgan fingerprint density at radius 3 is 2.39 bits per heavy atom. The Morgan fingerprint density at radius 1 is 0.917 bits per heavy atom. The molecule has 0 aliphatic carbocycles. The quantitative estimate of drug-likeness (QED) is 0.247. The fraction of sp³-hybridized carbons (Fsp3) is 0.0400. The molecule has 8 nitrogen and oxygen atoms in total. The Balaban J connectivity index is 1.24. The summed E-state index contributed by atoms with van der Waals surface area (Å²) in [5.74, 6) is 0.158. The largest absolute Gasteiger partial charge is 0.497 e. The lowest BCUT2D eigenvalue weighted by Crippen LogP contribution is -2.13. The van der Waals surface area contributed by atoms with E-state index in [4.69, 9.17) is 32.4 Å². The van der Waals surface area contributed by atoms with Gasteiger partial charge >= 0.3 is 6.01 Å². The first kappa shape index (κ1) is 23.8. The summed E-state index contributed by atoms with van der Waals surface area (Å²) < 4.78 is 11.5. The van der Waals surface area contributed by atoms with E-state index in [2.05, 4.69) is 20.8 Å². The molecule has 2 N–H and O–H groups in total. The molecule has 0 fully saturated rings. The first-order valence-corrected chi connectivity index (χ1v) is 12.1. The Kier molecular flexibility index (Phi) is 6.60. The maximum Gasteiger partial charge on any atom is 0.322 e. The summed E-state index contributed by atoms with van der Waals surface area (Å²) in [6.45, 7) is 0. The van der Waals surface area contributed by atoms with Crippen LogP contribution in [0.3, 0.4) is 0 Å². The molecular formula is C25H16Cl2N4O4S. The van der Waals surface area contributed by atoms with Crippen molar-refractivity contribution in [3.8, 4) is 17.2 Å². The van der Waals surface area contributed by atoms with E-state index < -0.39 is 5.91 Å². The summed E-state index contributed by atoms with van der Waals surface area (Å²) >= 11 is 13.7. The SMILES string of the molecule is COc1ccc(-c2nnc(NC(=O)c3ccc(NC(=O)c4sc5cc(Cl)ccc5c4Cl)cc3)o2)cc1. The van der Waals surface area contributed by atoms with Crippen molar-refractivity contribution in [1.29, 1.82) is 0 Å². The van der Waals surface area contributed by atoms with Gasteiger partial charge in [-0.2, -0.15) is 0 Å².